The molecule has 1 unspecified atom stereocenters. The largest absolute Gasteiger partial charge is 0.485 e. The van der Waals surface area contributed by atoms with Crippen LogP contribution in [0.3, 0.4) is 0 Å². The van der Waals surface area contributed by atoms with Gasteiger partial charge in [0.05, 0.1) is 17.2 Å². The summed E-state index contributed by atoms with van der Waals surface area (Å²) in [6.45, 7) is 8.43. The van der Waals surface area contributed by atoms with E-state index >= 15 is 0 Å². The topological polar surface area (TPSA) is 96.2 Å². The molecule has 2 aromatic carbocycles. The van der Waals surface area contributed by atoms with Crippen LogP contribution in [0.1, 0.15) is 43.2 Å². The Morgan fingerprint density at radius 1 is 1.12 bits per heavy atom. The molecule has 2 N–H and O–H groups in total. The van der Waals surface area contributed by atoms with Gasteiger partial charge in [0.25, 0.3) is 0 Å². The molecule has 0 saturated carbocycles. The van der Waals surface area contributed by atoms with Crippen molar-refractivity contribution in [2.75, 3.05) is 11.9 Å². The van der Waals surface area contributed by atoms with Gasteiger partial charge in [-0.05, 0) is 82.5 Å². The van der Waals surface area contributed by atoms with E-state index in [1.807, 2.05) is 6.92 Å². The quantitative estimate of drug-likeness (QED) is 0.215. The van der Waals surface area contributed by atoms with Crippen molar-refractivity contribution in [3.8, 4) is 5.75 Å². The average Bonchev–Trinajstić information content (AvgIpc) is 3.20. The fourth-order valence-corrected chi connectivity index (χ4v) is 4.78. The summed E-state index contributed by atoms with van der Waals surface area (Å²) in [5.41, 5.74) is 1.45. The van der Waals surface area contributed by atoms with Gasteiger partial charge in [-0.2, -0.15) is 0 Å². The summed E-state index contributed by atoms with van der Waals surface area (Å²) in [4.78, 5) is 31.7. The number of nitrogens with zero attached hydrogens (tertiary/aromatic N) is 3. The average molecular weight is 599 g/mol. The molecule has 0 radical (unpaired) electrons. The van der Waals surface area contributed by atoms with Crippen molar-refractivity contribution in [2.45, 2.75) is 53.2 Å². The molecule has 0 aliphatic rings. The maximum Gasteiger partial charge on any atom is 0.407 e. The van der Waals surface area contributed by atoms with Crippen LogP contribution in [0.25, 0.3) is 5.65 Å². The molecule has 42 heavy (non-hydrogen) atoms. The summed E-state index contributed by atoms with van der Waals surface area (Å²) in [7, 11) is 0. The molecular formula is C31H33ClF2N4O4. The summed E-state index contributed by atoms with van der Waals surface area (Å²) in [6, 6.07) is 12.3. The van der Waals surface area contributed by atoms with Gasteiger partial charge in [0.2, 0.25) is 5.91 Å². The van der Waals surface area contributed by atoms with Crippen LogP contribution in [0.5, 0.6) is 5.75 Å². The first-order valence-corrected chi connectivity index (χ1v) is 13.7. The monoisotopic (exact) mass is 598 g/mol. The molecule has 2 amide bonds. The van der Waals surface area contributed by atoms with Crippen LogP contribution in [0, 0.1) is 31.4 Å². The zero-order chi connectivity index (χ0) is 30.8. The molecule has 0 spiro atoms. The van der Waals surface area contributed by atoms with E-state index in [4.69, 9.17) is 16.3 Å². The maximum absolute atomic E-state index is 14.2. The van der Waals surface area contributed by atoms with Crippen molar-refractivity contribution >= 4 is 35.1 Å². The Morgan fingerprint density at radius 2 is 1.76 bits per heavy atom. The molecule has 8 nitrogen and oxygen atoms in total. The lowest BCUT2D eigenvalue weighted by Gasteiger charge is -2.35. The third-order valence-electron chi connectivity index (χ3n) is 6.88. The molecule has 2 aromatic heterocycles. The molecule has 0 saturated heterocycles. The number of hydrogen-bond donors (Lipinski definition) is 2. The molecule has 4 aromatic rings. The second-order valence-electron chi connectivity index (χ2n) is 11.2. The number of rotatable bonds is 9. The van der Waals surface area contributed by atoms with Gasteiger partial charge in [-0.25, -0.2) is 18.6 Å². The van der Waals surface area contributed by atoms with Gasteiger partial charge in [0.15, 0.2) is 11.4 Å². The Bertz CT molecular complexity index is 1600. The Morgan fingerprint density at radius 3 is 2.36 bits per heavy atom. The van der Waals surface area contributed by atoms with E-state index in [2.05, 4.69) is 10.3 Å². The third kappa shape index (κ3) is 6.99. The van der Waals surface area contributed by atoms with Crippen molar-refractivity contribution in [2.24, 2.45) is 5.92 Å². The molecule has 0 bridgehead atoms. The lowest BCUT2D eigenvalue weighted by molar-refractivity contribution is -0.120. The SMILES string of the molecule is Cc1cc(OCc2c(F)cccc2F)c2nc(C)c(NC(=O)C(Cc3ccc(Cl)cc3)CN(C(=O)O)C(C)(C)C)n2c1. The molecule has 222 valence electrons. The van der Waals surface area contributed by atoms with Gasteiger partial charge in [-0.3, -0.25) is 9.20 Å². The number of benzene rings is 2. The van der Waals surface area contributed by atoms with Gasteiger partial charge < -0.3 is 20.1 Å². The van der Waals surface area contributed by atoms with Crippen LogP contribution in [-0.4, -0.2) is 43.5 Å². The number of aryl methyl sites for hydroxylation is 2. The Kier molecular flexibility index (Phi) is 9.06. The van der Waals surface area contributed by atoms with Gasteiger partial charge in [0, 0.05) is 23.3 Å². The van der Waals surface area contributed by atoms with E-state index in [0.717, 1.165) is 23.3 Å². The van der Waals surface area contributed by atoms with Crippen molar-refractivity contribution in [1.29, 1.82) is 0 Å². The van der Waals surface area contributed by atoms with Gasteiger partial charge in [-0.15, -0.1) is 0 Å². The van der Waals surface area contributed by atoms with Gasteiger partial charge in [-0.1, -0.05) is 29.8 Å². The zero-order valence-corrected chi connectivity index (χ0v) is 24.8. The number of carboxylic acid groups (broad SMARTS) is 1. The fourth-order valence-electron chi connectivity index (χ4n) is 4.66. The Balaban J connectivity index is 1.66. The van der Waals surface area contributed by atoms with E-state index in [-0.39, 0.29) is 30.9 Å². The summed E-state index contributed by atoms with van der Waals surface area (Å²) in [5, 5.41) is 13.4. The minimum absolute atomic E-state index is 0.0509. The summed E-state index contributed by atoms with van der Waals surface area (Å²) in [5.74, 6) is -1.94. The van der Waals surface area contributed by atoms with E-state index in [1.54, 1.807) is 68.6 Å². The van der Waals surface area contributed by atoms with E-state index < -0.39 is 35.1 Å². The van der Waals surface area contributed by atoms with Crippen molar-refractivity contribution in [3.63, 3.8) is 0 Å². The number of fused-ring (bicyclic) bond motifs is 1. The highest BCUT2D eigenvalue weighted by Gasteiger charge is 2.32. The number of carbonyl (C=O) groups is 2. The lowest BCUT2D eigenvalue weighted by Crippen LogP contribution is -2.49. The Hall–Kier alpha value is -4.18. The second kappa shape index (κ2) is 12.4. The second-order valence-corrected chi connectivity index (χ2v) is 11.6. The Labute approximate surface area is 247 Å². The normalized spacial score (nSPS) is 12.3. The number of halogens is 3. The van der Waals surface area contributed by atoms with Crippen molar-refractivity contribution in [3.05, 3.63) is 93.8 Å². The number of carbonyl (C=O) groups excluding carboxylic acids is 1. The molecule has 2 heterocycles. The number of nitrogens with one attached hydrogen (secondary N) is 1. The van der Waals surface area contributed by atoms with Crippen molar-refractivity contribution in [1.82, 2.24) is 14.3 Å². The number of imidazole rings is 1. The molecule has 1 atom stereocenters. The van der Waals surface area contributed by atoms with E-state index in [9.17, 15) is 23.5 Å². The number of anilines is 1. The number of pyridine rings is 1. The molecular weight excluding hydrogens is 566 g/mol. The van der Waals surface area contributed by atoms with E-state index in [1.165, 1.54) is 11.0 Å². The number of ether oxygens (including phenoxy) is 1. The first kappa shape index (κ1) is 30.8. The smallest absolute Gasteiger partial charge is 0.407 e. The molecule has 11 heteroatoms. The van der Waals surface area contributed by atoms with Gasteiger partial charge in [0.1, 0.15) is 24.1 Å². The molecule has 0 aliphatic carbocycles. The summed E-state index contributed by atoms with van der Waals surface area (Å²) < 4.78 is 35.8. The number of aromatic nitrogens is 2. The standard InChI is InChI=1S/C31H33ClF2N4O4/c1-18-13-26(42-17-23-24(33)7-6-8-25(23)34)28-35-19(2)27(37(28)15-18)36-29(39)21(14-20-9-11-22(32)12-10-20)16-38(30(40)41)31(3,4)5/h6-13,15,21H,14,16-17H2,1-5H3,(H,36,39)(H,40,41). The highest BCUT2D eigenvalue weighted by atomic mass is 35.5. The van der Waals surface area contributed by atoms with Gasteiger partial charge >= 0.3 is 6.09 Å². The lowest BCUT2D eigenvalue weighted by atomic mass is 9.95. The highest BCUT2D eigenvalue weighted by Crippen LogP contribution is 2.29. The van der Waals surface area contributed by atoms with E-state index in [0.29, 0.717) is 22.2 Å². The number of hydrogen-bond acceptors (Lipinski definition) is 4. The van der Waals surface area contributed by atoms with Crippen LogP contribution in [-0.2, 0) is 17.8 Å². The van der Waals surface area contributed by atoms with Crippen LogP contribution >= 0.6 is 11.6 Å². The fraction of sp³-hybridized carbons (Fsp3) is 0.323. The van der Waals surface area contributed by atoms with Crippen LogP contribution in [0.15, 0.2) is 54.7 Å². The molecule has 0 fully saturated rings. The maximum atomic E-state index is 14.2. The third-order valence-corrected chi connectivity index (χ3v) is 7.13. The van der Waals surface area contributed by atoms with Crippen LogP contribution in [0.4, 0.5) is 19.4 Å². The minimum Gasteiger partial charge on any atom is -0.485 e. The number of amides is 2. The van der Waals surface area contributed by atoms with Crippen LogP contribution in [0.2, 0.25) is 5.02 Å². The first-order valence-electron chi connectivity index (χ1n) is 13.4. The minimum atomic E-state index is -1.13. The highest BCUT2D eigenvalue weighted by molar-refractivity contribution is 6.30. The predicted octanol–water partition coefficient (Wildman–Crippen LogP) is 7.04. The van der Waals surface area contributed by atoms with Crippen molar-refractivity contribution < 1.29 is 28.2 Å². The predicted molar refractivity (Wildman–Crippen MR) is 157 cm³/mol. The first-order chi connectivity index (χ1) is 19.7. The summed E-state index contributed by atoms with van der Waals surface area (Å²) in [6.07, 6.45) is 0.889. The zero-order valence-electron chi connectivity index (χ0n) is 24.0. The molecule has 4 rings (SSSR count). The van der Waals surface area contributed by atoms with Crippen LogP contribution < -0.4 is 10.1 Å². The molecule has 0 aliphatic heterocycles. The summed E-state index contributed by atoms with van der Waals surface area (Å²) >= 11 is 6.04.